The predicted molar refractivity (Wildman–Crippen MR) is 490 cm³/mol. The molecule has 0 radical (unpaired) electrons. The van der Waals surface area contributed by atoms with Crippen LogP contribution in [-0.2, 0) is 0 Å². The minimum Gasteiger partial charge on any atom is -0.246 e. The van der Waals surface area contributed by atoms with Crippen molar-refractivity contribution in [2.75, 3.05) is 0 Å². The van der Waals surface area contributed by atoms with Gasteiger partial charge in [0.2, 0.25) is 0 Å². The van der Waals surface area contributed by atoms with E-state index in [1.54, 1.807) is 0 Å². The molecule has 8 heteroatoms. The highest BCUT2D eigenvalue weighted by Gasteiger charge is 2.23. The van der Waals surface area contributed by atoms with E-state index >= 15 is 0 Å². The summed E-state index contributed by atoms with van der Waals surface area (Å²) in [6, 6.07) is 142. The maximum absolute atomic E-state index is 5.57. The zero-order chi connectivity index (χ0) is 76.6. The van der Waals surface area contributed by atoms with Crippen molar-refractivity contribution in [2.24, 2.45) is 0 Å². The number of aromatic nitrogens is 6. The SMILES string of the molecule is c1ccc(-c2cc(-c3ccccc3)nc(-c3cccc(-c4ccc5nc(-c6cc7ccccc7c7ccccc67)c6sc7ccccc7c6c5c4)c3)n2)cc1.c1ccc(-c2ccc(-c3cc(-c4ccccc4)nc(-c4ccc(-c5ccc6c(c5)nc(-c5cc7ccccc7c7ccccc57)c5sc7ccccc7c56)cc4)n3)cc2)cc1. The van der Waals surface area contributed by atoms with Crippen molar-refractivity contribution < 1.29 is 0 Å². The molecule has 0 fully saturated rings. The molecule has 6 heterocycles. The molecular weight excluding hydrogens is 1450 g/mol. The van der Waals surface area contributed by atoms with E-state index in [0.717, 1.165) is 123 Å². The Morgan fingerprint density at radius 3 is 1.03 bits per heavy atom. The van der Waals surface area contributed by atoms with Gasteiger partial charge in [-0.15, -0.1) is 22.7 Å². The maximum atomic E-state index is 5.57. The van der Waals surface area contributed by atoms with Gasteiger partial charge in [-0.2, -0.15) is 0 Å². The lowest BCUT2D eigenvalue weighted by molar-refractivity contribution is 1.18. The number of hydrogen-bond donors (Lipinski definition) is 0. The molecule has 6 nitrogen and oxygen atoms in total. The molecule has 0 aliphatic heterocycles. The number of nitrogens with zero attached hydrogens (tertiary/aromatic N) is 6. The Labute approximate surface area is 677 Å². The fourth-order valence-electron chi connectivity index (χ4n) is 16.9. The summed E-state index contributed by atoms with van der Waals surface area (Å²) in [5.41, 5.74) is 22.9. The number of pyridine rings is 2. The monoisotopic (exact) mass is 1510 g/mol. The van der Waals surface area contributed by atoms with Crippen LogP contribution in [0.2, 0.25) is 0 Å². The van der Waals surface area contributed by atoms with Gasteiger partial charge in [0.25, 0.3) is 0 Å². The van der Waals surface area contributed by atoms with Crippen molar-refractivity contribution in [2.45, 2.75) is 0 Å². The highest BCUT2D eigenvalue weighted by molar-refractivity contribution is 7.27. The van der Waals surface area contributed by atoms with Crippen LogP contribution in [0.15, 0.2) is 400 Å². The van der Waals surface area contributed by atoms with Gasteiger partial charge in [0.15, 0.2) is 11.6 Å². The number of benzene rings is 17. The topological polar surface area (TPSA) is 77.3 Å². The summed E-state index contributed by atoms with van der Waals surface area (Å²) >= 11 is 3.67. The van der Waals surface area contributed by atoms with Crippen LogP contribution in [0.5, 0.6) is 0 Å². The molecule has 0 saturated heterocycles. The van der Waals surface area contributed by atoms with Gasteiger partial charge in [0, 0.05) is 86.2 Å². The first-order valence-electron chi connectivity index (χ1n) is 39.1. The Balaban J connectivity index is 0.000000141. The highest BCUT2D eigenvalue weighted by atomic mass is 32.1. The normalized spacial score (nSPS) is 11.6. The second-order valence-corrected chi connectivity index (χ2v) is 31.6. The highest BCUT2D eigenvalue weighted by Crippen LogP contribution is 2.49. The average molecular weight is 1510 g/mol. The summed E-state index contributed by atoms with van der Waals surface area (Å²) < 4.78 is 4.95. The number of hydrogen-bond acceptors (Lipinski definition) is 8. The smallest absolute Gasteiger partial charge is 0.160 e. The van der Waals surface area contributed by atoms with Gasteiger partial charge in [0.1, 0.15) is 0 Å². The summed E-state index contributed by atoms with van der Waals surface area (Å²) in [6.07, 6.45) is 0. The second kappa shape index (κ2) is 28.7. The quantitative estimate of drug-likeness (QED) is 0.120. The van der Waals surface area contributed by atoms with Gasteiger partial charge in [-0.3, -0.25) is 0 Å². The first kappa shape index (κ1) is 68.0. The van der Waals surface area contributed by atoms with Gasteiger partial charge in [-0.05, 0) is 137 Å². The van der Waals surface area contributed by atoms with E-state index in [1.807, 2.05) is 46.9 Å². The Bertz CT molecular complexity index is 7740. The van der Waals surface area contributed by atoms with Crippen LogP contribution in [0, 0.1) is 0 Å². The lowest BCUT2D eigenvalue weighted by Crippen LogP contribution is -1.96. The lowest BCUT2D eigenvalue weighted by Gasteiger charge is -2.13. The Hall–Kier alpha value is -14.8. The number of fused-ring (bicyclic) bond motifs is 16. The van der Waals surface area contributed by atoms with Gasteiger partial charge in [0.05, 0.1) is 54.6 Å². The summed E-state index contributed by atoms with van der Waals surface area (Å²) in [5.74, 6) is 1.39. The van der Waals surface area contributed by atoms with Crippen LogP contribution >= 0.6 is 22.7 Å². The molecule has 23 aromatic rings. The van der Waals surface area contributed by atoms with Gasteiger partial charge in [-0.25, -0.2) is 29.9 Å². The second-order valence-electron chi connectivity index (χ2n) is 29.5. The molecule has 6 aromatic heterocycles. The Morgan fingerprint density at radius 1 is 0.172 bits per heavy atom. The third-order valence-corrected chi connectivity index (χ3v) is 24.9. The number of thiophene rings is 2. The van der Waals surface area contributed by atoms with Crippen molar-refractivity contribution in [3.05, 3.63) is 400 Å². The van der Waals surface area contributed by atoms with Crippen molar-refractivity contribution in [3.63, 3.8) is 0 Å². The van der Waals surface area contributed by atoms with Crippen LogP contribution in [0.3, 0.4) is 0 Å². The van der Waals surface area contributed by atoms with Crippen LogP contribution in [0.4, 0.5) is 0 Å². The van der Waals surface area contributed by atoms with E-state index in [2.05, 4.69) is 376 Å². The minimum absolute atomic E-state index is 0.689. The van der Waals surface area contributed by atoms with Crippen LogP contribution in [0.25, 0.3) is 229 Å². The van der Waals surface area contributed by atoms with E-state index < -0.39 is 0 Å². The standard InChI is InChI=1S/C57H35N3S.C51H31N3S/c1-3-13-36(14-4-1)37-23-27-40(28-24-37)51-35-50(39-15-5-2-6-16-39)59-57(60-51)41-29-25-38(26-30-41)42-31-32-47-52(34-42)58-55(56-54(47)48-21-11-12-22-53(48)61-56)49-33-43-17-7-8-18-44(43)45-19-9-10-20-46(45)49;1-3-14-32(15-4-1)45-31-46(33-16-5-2-6-17-33)54-51(53-45)37-20-13-19-34(28-37)35-26-27-44-43(29-35)48-41-24-11-12-25-47(41)55-50(48)49(52-44)42-30-36-18-7-8-21-38(36)39-22-9-10-23-40(39)42/h1-35H;1-31H. The molecular formula is C108H66N6S2. The van der Waals surface area contributed by atoms with Gasteiger partial charge >= 0.3 is 0 Å². The van der Waals surface area contributed by atoms with Gasteiger partial charge in [-0.1, -0.05) is 340 Å². The Morgan fingerprint density at radius 2 is 0.509 bits per heavy atom. The zero-order valence-electron chi connectivity index (χ0n) is 62.6. The molecule has 0 amide bonds. The van der Waals surface area contributed by atoms with E-state index in [-0.39, 0.29) is 0 Å². The molecule has 0 spiro atoms. The fourth-order valence-corrected chi connectivity index (χ4v) is 19.3. The third-order valence-electron chi connectivity index (χ3n) is 22.5. The summed E-state index contributed by atoms with van der Waals surface area (Å²) in [6.45, 7) is 0. The van der Waals surface area contributed by atoms with Crippen LogP contribution in [0.1, 0.15) is 0 Å². The largest absolute Gasteiger partial charge is 0.246 e. The molecule has 0 aliphatic carbocycles. The average Bonchev–Trinajstić information content (AvgIpc) is 1.53. The van der Waals surface area contributed by atoms with Crippen molar-refractivity contribution in [1.29, 1.82) is 0 Å². The summed E-state index contributed by atoms with van der Waals surface area (Å²) in [4.78, 5) is 31.6. The van der Waals surface area contributed by atoms with Crippen LogP contribution in [-0.4, -0.2) is 29.9 Å². The van der Waals surface area contributed by atoms with Crippen molar-refractivity contribution in [3.8, 4) is 124 Å². The van der Waals surface area contributed by atoms with Crippen LogP contribution < -0.4 is 0 Å². The molecule has 23 rings (SSSR count). The number of rotatable bonds is 11. The lowest BCUT2D eigenvalue weighted by atomic mass is 9.94. The first-order valence-corrected chi connectivity index (χ1v) is 40.7. The summed E-state index contributed by atoms with van der Waals surface area (Å²) in [5, 5.41) is 17.2. The molecule has 0 bridgehead atoms. The van der Waals surface area contributed by atoms with E-state index in [9.17, 15) is 0 Å². The van der Waals surface area contributed by atoms with E-state index in [4.69, 9.17) is 29.9 Å². The Kier molecular flexibility index (Phi) is 16.9. The third kappa shape index (κ3) is 12.3. The molecule has 0 atom stereocenters. The summed E-state index contributed by atoms with van der Waals surface area (Å²) in [7, 11) is 0. The van der Waals surface area contributed by atoms with E-state index in [1.165, 1.54) is 94.6 Å². The zero-order valence-corrected chi connectivity index (χ0v) is 64.2. The molecule has 0 saturated carbocycles. The first-order chi connectivity index (χ1) is 57.5. The van der Waals surface area contributed by atoms with Gasteiger partial charge < -0.3 is 0 Å². The molecule has 540 valence electrons. The molecule has 116 heavy (non-hydrogen) atoms. The fraction of sp³-hybridized carbons (Fsp3) is 0. The van der Waals surface area contributed by atoms with E-state index in [0.29, 0.717) is 11.6 Å². The maximum Gasteiger partial charge on any atom is 0.160 e. The molecule has 0 N–H and O–H groups in total. The molecule has 0 aliphatic rings. The minimum atomic E-state index is 0.689. The molecule has 17 aromatic carbocycles. The van der Waals surface area contributed by atoms with Crippen molar-refractivity contribution >= 4 is 128 Å². The van der Waals surface area contributed by atoms with Crippen molar-refractivity contribution in [1.82, 2.24) is 29.9 Å². The predicted octanol–water partition coefficient (Wildman–Crippen LogP) is 29.7. The molecule has 0 unspecified atom stereocenters.